The van der Waals surface area contributed by atoms with Crippen LogP contribution in [0.4, 0.5) is 0 Å². The van der Waals surface area contributed by atoms with Crippen LogP contribution in [0.15, 0.2) is 34.3 Å². The van der Waals surface area contributed by atoms with Crippen molar-refractivity contribution in [3.63, 3.8) is 0 Å². The number of benzene rings is 1. The van der Waals surface area contributed by atoms with Crippen molar-refractivity contribution >= 4 is 22.6 Å². The van der Waals surface area contributed by atoms with Gasteiger partial charge in [-0.1, -0.05) is 39.8 Å². The highest BCUT2D eigenvalue weighted by Crippen LogP contribution is 2.23. The smallest absolute Gasteiger partial charge is 0.199 e. The van der Waals surface area contributed by atoms with Gasteiger partial charge in [-0.3, -0.25) is 14.2 Å². The molecule has 0 spiro atoms. The molecule has 2 saturated heterocycles. The molecule has 8 nitrogen and oxygen atoms in total. The summed E-state index contributed by atoms with van der Waals surface area (Å²) >= 11 is 0. The summed E-state index contributed by atoms with van der Waals surface area (Å²) in [4.78, 5) is 12.2. The Morgan fingerprint density at radius 3 is 2.35 bits per heavy atom. The average Bonchev–Trinajstić information content (AvgIpc) is 3.07. The van der Waals surface area contributed by atoms with Gasteiger partial charge in [-0.25, -0.2) is 0 Å². The molecule has 3 aliphatic rings. The van der Waals surface area contributed by atoms with Crippen molar-refractivity contribution in [1.82, 2.24) is 15.5 Å². The van der Waals surface area contributed by atoms with Crippen LogP contribution in [0.3, 0.4) is 0 Å². The first-order valence-electron chi connectivity index (χ1n) is 15.6. The Hall–Kier alpha value is -1.97. The third-order valence-electron chi connectivity index (χ3n) is 7.05. The number of amidine groups is 1. The van der Waals surface area contributed by atoms with Crippen LogP contribution >= 0.6 is 0 Å². The topological polar surface area (TPSA) is 87.5 Å². The van der Waals surface area contributed by atoms with E-state index in [1.165, 1.54) is 5.56 Å². The minimum Gasteiger partial charge on any atom is -0.494 e. The molecule has 0 aromatic heterocycles. The summed E-state index contributed by atoms with van der Waals surface area (Å²) in [5.74, 6) is 4.55. The normalized spacial score (nSPS) is 21.8. The Morgan fingerprint density at radius 1 is 1.07 bits per heavy atom. The zero-order valence-electron chi connectivity index (χ0n) is 25.8. The Bertz CT molecular complexity index is 877. The summed E-state index contributed by atoms with van der Waals surface area (Å²) in [6, 6.07) is 8.79. The summed E-state index contributed by atoms with van der Waals surface area (Å²) < 4.78 is 23.5. The van der Waals surface area contributed by atoms with Crippen molar-refractivity contribution in [3.8, 4) is 5.75 Å². The van der Waals surface area contributed by atoms with E-state index in [9.17, 15) is 4.21 Å². The Kier molecular flexibility index (Phi) is 17.8. The molecule has 1 aromatic carbocycles. The van der Waals surface area contributed by atoms with Crippen molar-refractivity contribution in [2.45, 2.75) is 79.2 Å². The van der Waals surface area contributed by atoms with Gasteiger partial charge in [0, 0.05) is 49.4 Å². The fourth-order valence-corrected chi connectivity index (χ4v) is 5.99. The predicted octanol–water partition coefficient (Wildman–Crippen LogP) is 4.66. The number of hydrogen-bond acceptors (Lipinski definition) is 7. The van der Waals surface area contributed by atoms with Crippen LogP contribution in [0.5, 0.6) is 5.75 Å². The highest BCUT2D eigenvalue weighted by molar-refractivity contribution is 7.85. The van der Waals surface area contributed by atoms with Gasteiger partial charge in [0.25, 0.3) is 0 Å². The van der Waals surface area contributed by atoms with E-state index in [1.54, 1.807) is 0 Å². The van der Waals surface area contributed by atoms with Crippen LogP contribution in [-0.2, 0) is 22.0 Å². The van der Waals surface area contributed by atoms with Crippen molar-refractivity contribution < 1.29 is 13.7 Å². The maximum absolute atomic E-state index is 12.5. The second-order valence-electron chi connectivity index (χ2n) is 10.1. The first-order chi connectivity index (χ1) is 19.6. The molecular weight excluding hydrogens is 522 g/mol. The largest absolute Gasteiger partial charge is 0.494 e. The first kappa shape index (κ1) is 34.2. The molecule has 4 rings (SSSR count). The summed E-state index contributed by atoms with van der Waals surface area (Å²) in [6.45, 7) is 17.3. The van der Waals surface area contributed by atoms with E-state index in [4.69, 9.17) is 19.5 Å². The molecule has 1 aromatic rings. The predicted molar refractivity (Wildman–Crippen MR) is 170 cm³/mol. The molecule has 3 heterocycles. The summed E-state index contributed by atoms with van der Waals surface area (Å²) in [6.07, 6.45) is 6.12. The van der Waals surface area contributed by atoms with E-state index in [2.05, 4.69) is 53.6 Å². The molecule has 9 heteroatoms. The maximum Gasteiger partial charge on any atom is 0.199 e. The molecule has 2 fully saturated rings. The zero-order chi connectivity index (χ0) is 29.0. The molecule has 0 saturated carbocycles. The maximum atomic E-state index is 12.5. The lowest BCUT2D eigenvalue weighted by Gasteiger charge is -2.34. The lowest BCUT2D eigenvalue weighted by molar-refractivity contribution is 0.0870. The fourth-order valence-electron chi connectivity index (χ4n) is 4.94. The highest BCUT2D eigenvalue weighted by Gasteiger charge is 2.24. The summed E-state index contributed by atoms with van der Waals surface area (Å²) in [5.41, 5.74) is 1.38. The number of likely N-dealkylation sites (tertiary alicyclic amines) is 1. The molecule has 40 heavy (non-hydrogen) atoms. The molecular formula is C31H55N5O3S. The number of hydrogen-bond donors (Lipinski definition) is 2. The van der Waals surface area contributed by atoms with Gasteiger partial charge in [0.2, 0.25) is 0 Å². The Labute approximate surface area is 246 Å². The van der Waals surface area contributed by atoms with Crippen molar-refractivity contribution in [2.75, 3.05) is 64.1 Å². The summed E-state index contributed by atoms with van der Waals surface area (Å²) in [5, 5.41) is 6.62. The van der Waals surface area contributed by atoms with Gasteiger partial charge in [0.15, 0.2) is 5.96 Å². The van der Waals surface area contributed by atoms with Gasteiger partial charge in [-0.15, -0.1) is 0 Å². The third kappa shape index (κ3) is 13.1. The molecule has 0 aliphatic carbocycles. The zero-order valence-corrected chi connectivity index (χ0v) is 26.6. The minimum atomic E-state index is -0.891. The van der Waals surface area contributed by atoms with E-state index >= 15 is 0 Å². The fraction of sp³-hybridized carbons (Fsp3) is 0.742. The van der Waals surface area contributed by atoms with E-state index in [0.29, 0.717) is 30.6 Å². The standard InChI is InChI=1S/C25H38N4O3S.C4H11N.C2H6/c1-2-32-23-6-4-20(5-7-23)18-21-8-13-29(14-9-21)25-26-12-3-17-33(30)19-24(28-25)27-22-10-15-31-16-11-22;1-3-5-4-2;1-2/h4-7,21-22H,2-3,8-19H2,1H3,(H,26,27,28);5H,3-4H2,1-2H3;1-2H3. The second-order valence-corrected chi connectivity index (χ2v) is 11.6. The molecule has 228 valence electrons. The minimum absolute atomic E-state index is 0.250. The van der Waals surface area contributed by atoms with Crippen molar-refractivity contribution in [1.29, 1.82) is 0 Å². The van der Waals surface area contributed by atoms with Crippen LogP contribution in [0.1, 0.15) is 72.3 Å². The number of guanidine groups is 1. The molecule has 1 unspecified atom stereocenters. The van der Waals surface area contributed by atoms with Crippen LogP contribution in [0.25, 0.3) is 0 Å². The first-order valence-corrected chi connectivity index (χ1v) is 17.1. The van der Waals surface area contributed by atoms with Gasteiger partial charge < -0.3 is 25.0 Å². The lowest BCUT2D eigenvalue weighted by Crippen LogP contribution is -2.49. The Morgan fingerprint density at radius 2 is 1.75 bits per heavy atom. The number of piperidine rings is 1. The van der Waals surface area contributed by atoms with E-state index in [-0.39, 0.29) is 6.04 Å². The van der Waals surface area contributed by atoms with Gasteiger partial charge >= 0.3 is 0 Å². The van der Waals surface area contributed by atoms with Crippen LogP contribution < -0.4 is 15.4 Å². The molecule has 2 N–H and O–H groups in total. The molecule has 0 radical (unpaired) electrons. The monoisotopic (exact) mass is 577 g/mol. The van der Waals surface area contributed by atoms with Crippen molar-refractivity contribution in [2.24, 2.45) is 15.9 Å². The van der Waals surface area contributed by atoms with Gasteiger partial charge in [-0.2, -0.15) is 0 Å². The van der Waals surface area contributed by atoms with Gasteiger partial charge in [0.1, 0.15) is 11.6 Å². The lowest BCUT2D eigenvalue weighted by atomic mass is 9.90. The van der Waals surface area contributed by atoms with Crippen LogP contribution in [0, 0.1) is 5.92 Å². The third-order valence-corrected chi connectivity index (χ3v) is 8.39. The van der Waals surface area contributed by atoms with Gasteiger partial charge in [0.05, 0.1) is 18.4 Å². The molecule has 0 amide bonds. The number of ether oxygens (including phenoxy) is 2. The van der Waals surface area contributed by atoms with E-state index < -0.39 is 10.8 Å². The number of nitrogens with one attached hydrogen (secondary N) is 2. The molecule has 1 atom stereocenters. The quantitative estimate of drug-likeness (QED) is 0.490. The van der Waals surface area contributed by atoms with Gasteiger partial charge in [-0.05, 0) is 82.2 Å². The SMILES string of the molecule is CC.CCNCC.CCOc1ccc(CC2CCN(C3=NCCCS(=O)CC(=NC4CCOCC4)N3)CC2)cc1. The van der Waals surface area contributed by atoms with E-state index in [0.717, 1.165) is 95.5 Å². The molecule has 3 aliphatic heterocycles. The number of nitrogens with zero attached hydrogens (tertiary/aromatic N) is 3. The second kappa shape index (κ2) is 20.8. The van der Waals surface area contributed by atoms with Crippen LogP contribution in [0.2, 0.25) is 0 Å². The number of aliphatic imine (C=N–C) groups is 2. The molecule has 0 bridgehead atoms. The highest BCUT2D eigenvalue weighted by atomic mass is 32.2. The van der Waals surface area contributed by atoms with Crippen molar-refractivity contribution in [3.05, 3.63) is 29.8 Å². The van der Waals surface area contributed by atoms with Crippen LogP contribution in [-0.4, -0.2) is 91.0 Å². The summed E-state index contributed by atoms with van der Waals surface area (Å²) in [7, 11) is -0.891. The number of rotatable bonds is 7. The average molecular weight is 578 g/mol. The van der Waals surface area contributed by atoms with E-state index in [1.807, 2.05) is 20.8 Å². The Balaban J connectivity index is 0.000000722.